The fraction of sp³-hybridized carbons (Fsp3) is 0.250. The molecule has 11 heteroatoms. The van der Waals surface area contributed by atoms with Crippen LogP contribution in [0.3, 0.4) is 0 Å². The first kappa shape index (κ1) is 26.9. The van der Waals surface area contributed by atoms with Gasteiger partial charge in [-0.05, 0) is 42.0 Å². The molecule has 9 nitrogen and oxygen atoms in total. The fourth-order valence-electron chi connectivity index (χ4n) is 4.76. The summed E-state index contributed by atoms with van der Waals surface area (Å²) >= 11 is 6.11. The van der Waals surface area contributed by atoms with Crippen molar-refractivity contribution in [2.75, 3.05) is 33.2 Å². The number of fused-ring (bicyclic) bond motifs is 1. The number of halogens is 1. The number of carbonyl (C=O) groups is 1. The summed E-state index contributed by atoms with van der Waals surface area (Å²) in [7, 11) is -2.12. The number of nitrogens with one attached hydrogen (secondary N) is 3. The summed E-state index contributed by atoms with van der Waals surface area (Å²) in [5.41, 5.74) is 2.79. The molecule has 3 N–H and O–H groups in total. The van der Waals surface area contributed by atoms with Gasteiger partial charge in [0.1, 0.15) is 16.2 Å². The molecule has 3 heterocycles. The summed E-state index contributed by atoms with van der Waals surface area (Å²) < 4.78 is 28.1. The number of nitrogens with zero attached hydrogens (tertiary/aromatic N) is 3. The lowest BCUT2D eigenvalue weighted by Gasteiger charge is -2.33. The van der Waals surface area contributed by atoms with Crippen molar-refractivity contribution < 1.29 is 13.2 Å². The first-order valence-corrected chi connectivity index (χ1v) is 14.5. The van der Waals surface area contributed by atoms with E-state index in [4.69, 9.17) is 17.0 Å². The number of amides is 1. The molecule has 39 heavy (non-hydrogen) atoms. The number of aromatic amines is 1. The maximum absolute atomic E-state index is 14.0. The lowest BCUT2D eigenvalue weighted by molar-refractivity contribution is -0.124. The van der Waals surface area contributed by atoms with Gasteiger partial charge in [0.25, 0.3) is 0 Å². The van der Waals surface area contributed by atoms with Crippen molar-refractivity contribution in [2.45, 2.75) is 16.8 Å². The molecular weight excluding hydrogens is 536 g/mol. The Morgan fingerprint density at radius 2 is 1.95 bits per heavy atom. The van der Waals surface area contributed by atoms with E-state index in [2.05, 4.69) is 15.3 Å². The van der Waals surface area contributed by atoms with Gasteiger partial charge in [-0.1, -0.05) is 41.9 Å². The number of hydrogen-bond acceptors (Lipinski definition) is 6. The third-order valence-electron chi connectivity index (χ3n) is 6.84. The topological polar surface area (TPSA) is 122 Å². The Morgan fingerprint density at radius 1 is 1.15 bits per heavy atom. The van der Waals surface area contributed by atoms with Crippen LogP contribution in [0, 0.1) is 5.41 Å². The Morgan fingerprint density at radius 3 is 2.67 bits per heavy atom. The molecule has 0 bridgehead atoms. The molecule has 4 aromatic rings. The standard InChI is InChI=1S/C28H29ClN6O3S/c1-34(14-11-23-4-2-3-12-31-23)27(30)19-5-7-20(8-6-19)28(35-15-13-32-25(36)18-35)39(37,38)26-17-21-16-22(29)9-10-24(21)33-26/h2-10,12,16-17,28,30,33H,11,13-15,18H2,1H3,(H,32,36). The second-order valence-electron chi connectivity index (χ2n) is 9.55. The molecule has 0 spiro atoms. The minimum atomic E-state index is -3.96. The molecule has 0 saturated carbocycles. The van der Waals surface area contributed by atoms with E-state index in [1.165, 1.54) is 0 Å². The smallest absolute Gasteiger partial charge is 0.234 e. The number of piperazine rings is 1. The van der Waals surface area contributed by atoms with Gasteiger partial charge >= 0.3 is 0 Å². The van der Waals surface area contributed by atoms with Crippen molar-refractivity contribution in [3.05, 3.63) is 94.8 Å². The second kappa shape index (κ2) is 11.2. The SMILES string of the molecule is CN(CCc1ccccn1)C(=N)c1ccc(C(N2CCNC(=O)C2)S(=O)(=O)c2cc3cc(Cl)ccc3[nH]2)cc1. The highest BCUT2D eigenvalue weighted by molar-refractivity contribution is 7.91. The van der Waals surface area contributed by atoms with E-state index in [9.17, 15) is 13.2 Å². The second-order valence-corrected chi connectivity index (χ2v) is 12.0. The average Bonchev–Trinajstić information content (AvgIpc) is 3.37. The van der Waals surface area contributed by atoms with Crippen LogP contribution in [0.1, 0.15) is 22.2 Å². The van der Waals surface area contributed by atoms with Crippen molar-refractivity contribution in [3.8, 4) is 0 Å². The zero-order valence-electron chi connectivity index (χ0n) is 21.4. The third kappa shape index (κ3) is 5.83. The molecule has 2 aromatic heterocycles. The van der Waals surface area contributed by atoms with Crippen LogP contribution in [-0.2, 0) is 21.1 Å². The van der Waals surface area contributed by atoms with Gasteiger partial charge < -0.3 is 15.2 Å². The van der Waals surface area contributed by atoms with Crippen LogP contribution in [0.25, 0.3) is 10.9 Å². The Labute approximate surface area is 232 Å². The Bertz CT molecular complexity index is 1610. The van der Waals surface area contributed by atoms with Crippen LogP contribution in [0.2, 0.25) is 5.02 Å². The van der Waals surface area contributed by atoms with Crippen molar-refractivity contribution >= 4 is 44.1 Å². The molecule has 1 amide bonds. The number of amidine groups is 1. The molecule has 1 atom stereocenters. The zero-order valence-corrected chi connectivity index (χ0v) is 23.0. The van der Waals surface area contributed by atoms with E-state index in [1.54, 1.807) is 59.6 Å². The monoisotopic (exact) mass is 564 g/mol. The number of sulfone groups is 1. The van der Waals surface area contributed by atoms with Crippen LogP contribution in [0.15, 0.2) is 78.0 Å². The van der Waals surface area contributed by atoms with Crippen molar-refractivity contribution in [1.82, 2.24) is 25.1 Å². The molecule has 1 saturated heterocycles. The van der Waals surface area contributed by atoms with Gasteiger partial charge in [0.15, 0.2) is 0 Å². The number of benzene rings is 2. The first-order chi connectivity index (χ1) is 18.7. The lowest BCUT2D eigenvalue weighted by Crippen LogP contribution is -2.50. The van der Waals surface area contributed by atoms with Gasteiger partial charge in [-0.2, -0.15) is 0 Å². The summed E-state index contributed by atoms with van der Waals surface area (Å²) in [5, 5.41) is 11.6. The molecule has 0 radical (unpaired) electrons. The van der Waals surface area contributed by atoms with Gasteiger partial charge in [0, 0.05) is 66.5 Å². The van der Waals surface area contributed by atoms with Crippen LogP contribution < -0.4 is 5.32 Å². The number of aromatic nitrogens is 2. The summed E-state index contributed by atoms with van der Waals surface area (Å²) in [6.07, 6.45) is 2.45. The predicted molar refractivity (Wildman–Crippen MR) is 152 cm³/mol. The third-order valence-corrected chi connectivity index (χ3v) is 9.06. The number of hydrogen-bond donors (Lipinski definition) is 3. The number of likely N-dealkylation sites (N-methyl/N-ethyl adjacent to an activating group) is 1. The van der Waals surface area contributed by atoms with E-state index in [1.807, 2.05) is 30.1 Å². The normalized spacial score (nSPS) is 15.2. The summed E-state index contributed by atoms with van der Waals surface area (Å²) in [5.74, 6) is 0.0968. The van der Waals surface area contributed by atoms with E-state index >= 15 is 0 Å². The van der Waals surface area contributed by atoms with E-state index < -0.39 is 15.2 Å². The van der Waals surface area contributed by atoms with Gasteiger partial charge in [-0.15, -0.1) is 0 Å². The van der Waals surface area contributed by atoms with Crippen molar-refractivity contribution in [3.63, 3.8) is 0 Å². The van der Waals surface area contributed by atoms with Gasteiger partial charge in [0.05, 0.1) is 6.54 Å². The zero-order chi connectivity index (χ0) is 27.6. The number of H-pyrrole nitrogens is 1. The maximum atomic E-state index is 14.0. The molecule has 5 rings (SSSR count). The van der Waals surface area contributed by atoms with Crippen molar-refractivity contribution in [2.24, 2.45) is 0 Å². The first-order valence-electron chi connectivity index (χ1n) is 12.6. The lowest BCUT2D eigenvalue weighted by atomic mass is 10.1. The highest BCUT2D eigenvalue weighted by Crippen LogP contribution is 2.34. The Balaban J connectivity index is 1.42. The van der Waals surface area contributed by atoms with E-state index in [0.29, 0.717) is 58.9 Å². The minimum Gasteiger partial charge on any atom is -0.359 e. The quantitative estimate of drug-likeness (QED) is 0.222. The molecule has 0 aliphatic carbocycles. The average molecular weight is 565 g/mol. The predicted octanol–water partition coefficient (Wildman–Crippen LogP) is 3.62. The highest BCUT2D eigenvalue weighted by atomic mass is 35.5. The number of pyridine rings is 1. The molecule has 2 aromatic carbocycles. The summed E-state index contributed by atoms with van der Waals surface area (Å²) in [6.45, 7) is 1.32. The molecule has 1 unspecified atom stereocenters. The highest BCUT2D eigenvalue weighted by Gasteiger charge is 2.37. The van der Waals surface area contributed by atoms with Crippen LogP contribution >= 0.6 is 11.6 Å². The molecular formula is C28H29ClN6O3S. The van der Waals surface area contributed by atoms with Crippen LogP contribution in [0.4, 0.5) is 0 Å². The molecule has 1 aliphatic rings. The van der Waals surface area contributed by atoms with Crippen LogP contribution in [-0.4, -0.2) is 73.2 Å². The van der Waals surface area contributed by atoms with Gasteiger partial charge in [0.2, 0.25) is 15.7 Å². The van der Waals surface area contributed by atoms with Crippen molar-refractivity contribution in [1.29, 1.82) is 5.41 Å². The van der Waals surface area contributed by atoms with E-state index in [0.717, 1.165) is 5.69 Å². The summed E-state index contributed by atoms with van der Waals surface area (Å²) in [4.78, 5) is 23.1. The Kier molecular flexibility index (Phi) is 7.69. The fourth-order valence-corrected chi connectivity index (χ4v) is 6.81. The molecule has 1 aliphatic heterocycles. The summed E-state index contributed by atoms with van der Waals surface area (Å²) in [6, 6.07) is 19.5. The molecule has 1 fully saturated rings. The van der Waals surface area contributed by atoms with Gasteiger partial charge in [-0.3, -0.25) is 20.1 Å². The largest absolute Gasteiger partial charge is 0.359 e. The molecule has 202 valence electrons. The Hall–Kier alpha value is -3.73. The van der Waals surface area contributed by atoms with Crippen LogP contribution in [0.5, 0.6) is 0 Å². The van der Waals surface area contributed by atoms with E-state index in [-0.39, 0.29) is 17.5 Å². The number of rotatable bonds is 8. The van der Waals surface area contributed by atoms with Gasteiger partial charge in [-0.25, -0.2) is 8.42 Å². The minimum absolute atomic E-state index is 0.0379. The number of carbonyl (C=O) groups excluding carboxylic acids is 1. The maximum Gasteiger partial charge on any atom is 0.234 e.